The summed E-state index contributed by atoms with van der Waals surface area (Å²) in [5.41, 5.74) is 1.26. The highest BCUT2D eigenvalue weighted by Crippen LogP contribution is 2.18. The zero-order chi connectivity index (χ0) is 12.1. The Balaban J connectivity index is 1.88. The SMILES string of the molecule is COC(=O)C1CCCN1CCc1ccncc1. The monoisotopic (exact) mass is 234 g/mol. The number of hydrogen-bond donors (Lipinski definition) is 0. The number of methoxy groups -OCH3 is 1. The second kappa shape index (κ2) is 5.77. The minimum absolute atomic E-state index is 0.0400. The van der Waals surface area contributed by atoms with Crippen LogP contribution in [0.25, 0.3) is 0 Å². The highest BCUT2D eigenvalue weighted by molar-refractivity contribution is 5.75. The first-order valence-electron chi connectivity index (χ1n) is 6.02. The van der Waals surface area contributed by atoms with Crippen LogP contribution in [0.3, 0.4) is 0 Å². The van der Waals surface area contributed by atoms with Gasteiger partial charge in [-0.15, -0.1) is 0 Å². The molecule has 0 saturated carbocycles. The van der Waals surface area contributed by atoms with Crippen LogP contribution in [-0.2, 0) is 16.0 Å². The molecule has 0 spiro atoms. The maximum Gasteiger partial charge on any atom is 0.323 e. The second-order valence-electron chi connectivity index (χ2n) is 4.32. The zero-order valence-corrected chi connectivity index (χ0v) is 10.1. The van der Waals surface area contributed by atoms with Gasteiger partial charge in [-0.3, -0.25) is 14.7 Å². The van der Waals surface area contributed by atoms with Crippen LogP contribution in [0.15, 0.2) is 24.5 Å². The number of aromatic nitrogens is 1. The van der Waals surface area contributed by atoms with Crippen LogP contribution in [-0.4, -0.2) is 42.1 Å². The standard InChI is InChI=1S/C13H18N2O2/c1-17-13(16)12-3-2-9-15(12)10-6-11-4-7-14-8-5-11/h4-5,7-8,12H,2-3,6,9-10H2,1H3. The van der Waals surface area contributed by atoms with Crippen molar-refractivity contribution in [3.63, 3.8) is 0 Å². The summed E-state index contributed by atoms with van der Waals surface area (Å²) < 4.78 is 4.83. The van der Waals surface area contributed by atoms with E-state index in [2.05, 4.69) is 9.88 Å². The number of carbonyl (C=O) groups excluding carboxylic acids is 1. The maximum atomic E-state index is 11.6. The lowest BCUT2D eigenvalue weighted by molar-refractivity contribution is -0.145. The Kier molecular flexibility index (Phi) is 4.09. The van der Waals surface area contributed by atoms with Crippen LogP contribution >= 0.6 is 0 Å². The van der Waals surface area contributed by atoms with Crippen molar-refractivity contribution < 1.29 is 9.53 Å². The van der Waals surface area contributed by atoms with Crippen molar-refractivity contribution >= 4 is 5.97 Å². The number of ether oxygens (including phenoxy) is 1. The van der Waals surface area contributed by atoms with E-state index in [-0.39, 0.29) is 12.0 Å². The molecule has 0 bridgehead atoms. The van der Waals surface area contributed by atoms with Crippen molar-refractivity contribution in [1.82, 2.24) is 9.88 Å². The van der Waals surface area contributed by atoms with Gasteiger partial charge in [0.15, 0.2) is 0 Å². The molecule has 0 N–H and O–H groups in total. The van der Waals surface area contributed by atoms with Gasteiger partial charge in [0, 0.05) is 18.9 Å². The summed E-state index contributed by atoms with van der Waals surface area (Å²) in [5.74, 6) is -0.0998. The molecule has 2 rings (SSSR count). The van der Waals surface area contributed by atoms with Gasteiger partial charge in [0.25, 0.3) is 0 Å². The van der Waals surface area contributed by atoms with Gasteiger partial charge < -0.3 is 4.74 Å². The minimum Gasteiger partial charge on any atom is -0.468 e. The van der Waals surface area contributed by atoms with E-state index < -0.39 is 0 Å². The van der Waals surface area contributed by atoms with E-state index in [4.69, 9.17) is 4.74 Å². The van der Waals surface area contributed by atoms with Gasteiger partial charge >= 0.3 is 5.97 Å². The Morgan fingerprint density at radius 3 is 3.00 bits per heavy atom. The molecule has 4 heteroatoms. The molecule has 0 aliphatic carbocycles. The smallest absolute Gasteiger partial charge is 0.323 e. The topological polar surface area (TPSA) is 42.4 Å². The highest BCUT2D eigenvalue weighted by atomic mass is 16.5. The van der Waals surface area contributed by atoms with E-state index in [1.807, 2.05) is 12.1 Å². The maximum absolute atomic E-state index is 11.6. The number of rotatable bonds is 4. The fraction of sp³-hybridized carbons (Fsp3) is 0.538. The quantitative estimate of drug-likeness (QED) is 0.736. The summed E-state index contributed by atoms with van der Waals surface area (Å²) in [4.78, 5) is 17.8. The van der Waals surface area contributed by atoms with Gasteiger partial charge in [-0.1, -0.05) is 0 Å². The summed E-state index contributed by atoms with van der Waals surface area (Å²) in [5, 5.41) is 0. The molecular weight excluding hydrogens is 216 g/mol. The van der Waals surface area contributed by atoms with Crippen molar-refractivity contribution in [3.8, 4) is 0 Å². The molecule has 1 aliphatic heterocycles. The highest BCUT2D eigenvalue weighted by Gasteiger charge is 2.30. The predicted octanol–water partition coefficient (Wildman–Crippen LogP) is 1.26. The summed E-state index contributed by atoms with van der Waals surface area (Å²) >= 11 is 0. The van der Waals surface area contributed by atoms with Crippen molar-refractivity contribution in [3.05, 3.63) is 30.1 Å². The summed E-state index contributed by atoms with van der Waals surface area (Å²) in [6.07, 6.45) is 6.56. The number of likely N-dealkylation sites (tertiary alicyclic amines) is 1. The number of carbonyl (C=O) groups is 1. The van der Waals surface area contributed by atoms with Crippen LogP contribution < -0.4 is 0 Å². The van der Waals surface area contributed by atoms with Crippen molar-refractivity contribution in [2.45, 2.75) is 25.3 Å². The molecule has 1 aliphatic rings. The van der Waals surface area contributed by atoms with Crippen LogP contribution in [0.5, 0.6) is 0 Å². The van der Waals surface area contributed by atoms with E-state index in [9.17, 15) is 4.79 Å². The predicted molar refractivity (Wildman–Crippen MR) is 64.6 cm³/mol. The fourth-order valence-corrected chi connectivity index (χ4v) is 2.32. The molecule has 0 radical (unpaired) electrons. The van der Waals surface area contributed by atoms with E-state index >= 15 is 0 Å². The molecule has 1 aromatic heterocycles. The molecule has 0 amide bonds. The second-order valence-corrected chi connectivity index (χ2v) is 4.32. The molecule has 17 heavy (non-hydrogen) atoms. The number of hydrogen-bond acceptors (Lipinski definition) is 4. The lowest BCUT2D eigenvalue weighted by Crippen LogP contribution is -2.38. The molecule has 1 unspecified atom stereocenters. The number of pyridine rings is 1. The third-order valence-electron chi connectivity index (χ3n) is 3.27. The molecular formula is C13H18N2O2. The van der Waals surface area contributed by atoms with Crippen LogP contribution in [0.2, 0.25) is 0 Å². The molecule has 4 nitrogen and oxygen atoms in total. The largest absolute Gasteiger partial charge is 0.468 e. The number of nitrogens with zero attached hydrogens (tertiary/aromatic N) is 2. The molecule has 1 atom stereocenters. The van der Waals surface area contributed by atoms with Crippen molar-refractivity contribution in [2.75, 3.05) is 20.2 Å². The Morgan fingerprint density at radius 2 is 2.29 bits per heavy atom. The van der Waals surface area contributed by atoms with E-state index in [0.29, 0.717) is 0 Å². The third-order valence-corrected chi connectivity index (χ3v) is 3.27. The van der Waals surface area contributed by atoms with Gasteiger partial charge in [0.2, 0.25) is 0 Å². The lowest BCUT2D eigenvalue weighted by atomic mass is 10.2. The Bertz CT molecular complexity index is 367. The van der Waals surface area contributed by atoms with E-state index in [0.717, 1.165) is 32.4 Å². The van der Waals surface area contributed by atoms with Gasteiger partial charge in [0.1, 0.15) is 6.04 Å². The first kappa shape index (κ1) is 12.0. The lowest BCUT2D eigenvalue weighted by Gasteiger charge is -2.22. The molecule has 0 aromatic carbocycles. The van der Waals surface area contributed by atoms with Crippen LogP contribution in [0, 0.1) is 0 Å². The zero-order valence-electron chi connectivity index (χ0n) is 10.1. The van der Waals surface area contributed by atoms with Gasteiger partial charge in [-0.05, 0) is 43.5 Å². The van der Waals surface area contributed by atoms with Crippen molar-refractivity contribution in [2.24, 2.45) is 0 Å². The van der Waals surface area contributed by atoms with Gasteiger partial charge in [0.05, 0.1) is 7.11 Å². The average Bonchev–Trinajstić information content (AvgIpc) is 2.85. The Hall–Kier alpha value is -1.42. The van der Waals surface area contributed by atoms with E-state index in [1.165, 1.54) is 12.7 Å². The normalized spacial score (nSPS) is 20.4. The number of esters is 1. The van der Waals surface area contributed by atoms with Crippen LogP contribution in [0.1, 0.15) is 18.4 Å². The molecule has 2 heterocycles. The Morgan fingerprint density at radius 1 is 1.53 bits per heavy atom. The summed E-state index contributed by atoms with van der Waals surface area (Å²) in [6, 6.07) is 3.99. The molecule has 1 aromatic rings. The average molecular weight is 234 g/mol. The summed E-state index contributed by atoms with van der Waals surface area (Å²) in [6.45, 7) is 1.90. The van der Waals surface area contributed by atoms with Crippen LogP contribution in [0.4, 0.5) is 0 Å². The van der Waals surface area contributed by atoms with Gasteiger partial charge in [-0.25, -0.2) is 0 Å². The van der Waals surface area contributed by atoms with Crippen molar-refractivity contribution in [1.29, 1.82) is 0 Å². The third kappa shape index (κ3) is 3.03. The van der Waals surface area contributed by atoms with Gasteiger partial charge in [-0.2, -0.15) is 0 Å². The fourth-order valence-electron chi connectivity index (χ4n) is 2.32. The molecule has 1 fully saturated rings. The first-order chi connectivity index (χ1) is 8.31. The molecule has 92 valence electrons. The molecule has 1 saturated heterocycles. The minimum atomic E-state index is -0.0998. The summed E-state index contributed by atoms with van der Waals surface area (Å²) in [7, 11) is 1.46. The Labute approximate surface area is 102 Å². The van der Waals surface area contributed by atoms with E-state index in [1.54, 1.807) is 12.4 Å². The first-order valence-corrected chi connectivity index (χ1v) is 6.02.